The van der Waals surface area contributed by atoms with Crippen molar-refractivity contribution in [3.8, 4) is 0 Å². The number of amides is 2. The molecule has 0 spiro atoms. The number of aliphatic hydroxyl groups is 1. The summed E-state index contributed by atoms with van der Waals surface area (Å²) in [6, 6.07) is -1.53. The minimum absolute atomic E-state index is 0.00885. The van der Waals surface area contributed by atoms with Crippen LogP contribution in [0.5, 0.6) is 0 Å². The molecule has 0 radical (unpaired) electrons. The number of likely N-dealkylation sites (tertiary alicyclic amines) is 1. The monoisotopic (exact) mass is 273 g/mol. The number of piperidine rings is 1. The molecule has 0 aromatic rings. The van der Waals surface area contributed by atoms with Gasteiger partial charge in [0.15, 0.2) is 0 Å². The van der Waals surface area contributed by atoms with E-state index in [1.54, 1.807) is 0 Å². The first-order valence-electron chi connectivity index (χ1n) is 6.59. The number of aliphatic hydroxyl groups excluding tert-OH is 1. The molecule has 0 aromatic heterocycles. The lowest BCUT2D eigenvalue weighted by molar-refractivity contribution is -0.139. The highest BCUT2D eigenvalue weighted by Gasteiger charge is 2.21. The summed E-state index contributed by atoms with van der Waals surface area (Å²) in [5.41, 5.74) is 0. The van der Waals surface area contributed by atoms with Crippen LogP contribution in [0.1, 0.15) is 19.3 Å². The molecule has 1 aliphatic heterocycles. The summed E-state index contributed by atoms with van der Waals surface area (Å²) < 4.78 is 0. The van der Waals surface area contributed by atoms with Gasteiger partial charge in [-0.15, -0.1) is 0 Å². The predicted octanol–water partition coefficient (Wildman–Crippen LogP) is -0.537. The van der Waals surface area contributed by atoms with Crippen molar-refractivity contribution in [2.24, 2.45) is 5.92 Å². The normalized spacial score (nSPS) is 21.7. The Balaban J connectivity index is 2.28. The highest BCUT2D eigenvalue weighted by atomic mass is 16.4. The summed E-state index contributed by atoms with van der Waals surface area (Å²) in [5, 5.41) is 22.6. The van der Waals surface area contributed by atoms with E-state index in [2.05, 4.69) is 15.5 Å². The number of carboxylic acid groups (broad SMARTS) is 1. The Morgan fingerprint density at radius 3 is 2.79 bits per heavy atom. The minimum Gasteiger partial charge on any atom is -0.480 e. The van der Waals surface area contributed by atoms with Gasteiger partial charge < -0.3 is 25.7 Å². The molecule has 4 N–H and O–H groups in total. The summed E-state index contributed by atoms with van der Waals surface area (Å²) >= 11 is 0. The van der Waals surface area contributed by atoms with Gasteiger partial charge in [0, 0.05) is 26.1 Å². The fourth-order valence-electron chi connectivity index (χ4n) is 2.27. The summed E-state index contributed by atoms with van der Waals surface area (Å²) in [5.74, 6) is -0.729. The lowest BCUT2D eigenvalue weighted by Crippen LogP contribution is -2.48. The van der Waals surface area contributed by atoms with E-state index in [1.807, 2.05) is 7.05 Å². The second-order valence-electron chi connectivity index (χ2n) is 5.03. The number of nitrogens with one attached hydrogen (secondary N) is 2. The first kappa shape index (κ1) is 15.7. The third-order valence-corrected chi connectivity index (χ3v) is 3.29. The molecule has 2 unspecified atom stereocenters. The summed E-state index contributed by atoms with van der Waals surface area (Å²) in [6.07, 6.45) is 2.20. The average Bonchev–Trinajstić information content (AvgIpc) is 2.36. The molecule has 7 nitrogen and oxygen atoms in total. The molecule has 2 atom stereocenters. The highest BCUT2D eigenvalue weighted by Crippen LogP contribution is 2.13. The number of carbonyl (C=O) groups is 2. The number of carbonyl (C=O) groups excluding carboxylic acids is 1. The van der Waals surface area contributed by atoms with E-state index >= 15 is 0 Å². The van der Waals surface area contributed by atoms with E-state index in [9.17, 15) is 9.59 Å². The zero-order chi connectivity index (χ0) is 14.3. The standard InChI is InChI=1S/C12H23N3O4/c1-15-5-2-3-9(8-15)7-13-12(19)14-10(4-6-16)11(17)18/h9-10,16H,2-8H2,1H3,(H,17,18)(H2,13,14,19). The van der Waals surface area contributed by atoms with Crippen molar-refractivity contribution in [2.45, 2.75) is 25.3 Å². The Labute approximate surface area is 113 Å². The van der Waals surface area contributed by atoms with E-state index in [0.717, 1.165) is 25.9 Å². The number of urea groups is 1. The topological polar surface area (TPSA) is 102 Å². The zero-order valence-electron chi connectivity index (χ0n) is 11.3. The number of carboxylic acids is 1. The van der Waals surface area contributed by atoms with Gasteiger partial charge in [-0.25, -0.2) is 9.59 Å². The molecule has 1 fully saturated rings. The lowest BCUT2D eigenvalue weighted by Gasteiger charge is -2.29. The number of rotatable bonds is 6. The molecule has 0 bridgehead atoms. The molecule has 0 aromatic carbocycles. The SMILES string of the molecule is CN1CCCC(CNC(=O)NC(CCO)C(=O)O)C1. The van der Waals surface area contributed by atoms with Gasteiger partial charge in [0.1, 0.15) is 6.04 Å². The van der Waals surface area contributed by atoms with Gasteiger partial charge >= 0.3 is 12.0 Å². The maximum Gasteiger partial charge on any atom is 0.326 e. The first-order chi connectivity index (χ1) is 9.02. The van der Waals surface area contributed by atoms with Gasteiger partial charge in [-0.3, -0.25) is 0 Å². The molecular formula is C12H23N3O4. The molecule has 19 heavy (non-hydrogen) atoms. The van der Waals surface area contributed by atoms with Crippen molar-refractivity contribution in [3.63, 3.8) is 0 Å². The third kappa shape index (κ3) is 5.89. The highest BCUT2D eigenvalue weighted by molar-refractivity contribution is 5.82. The van der Waals surface area contributed by atoms with Crippen LogP contribution < -0.4 is 10.6 Å². The van der Waals surface area contributed by atoms with Crippen LogP contribution in [0.4, 0.5) is 4.79 Å². The molecule has 1 saturated heterocycles. The van der Waals surface area contributed by atoms with Crippen LogP contribution >= 0.6 is 0 Å². The maximum absolute atomic E-state index is 11.6. The quantitative estimate of drug-likeness (QED) is 0.521. The molecule has 110 valence electrons. The van der Waals surface area contributed by atoms with Crippen molar-refractivity contribution in [2.75, 3.05) is 33.3 Å². The van der Waals surface area contributed by atoms with Crippen molar-refractivity contribution in [1.29, 1.82) is 0 Å². The molecular weight excluding hydrogens is 250 g/mol. The molecule has 7 heteroatoms. The Bertz CT molecular complexity index is 311. The van der Waals surface area contributed by atoms with Crippen LogP contribution in [0.2, 0.25) is 0 Å². The van der Waals surface area contributed by atoms with E-state index in [4.69, 9.17) is 10.2 Å². The maximum atomic E-state index is 11.6. The van der Waals surface area contributed by atoms with Crippen molar-refractivity contribution in [3.05, 3.63) is 0 Å². The number of hydrogen-bond acceptors (Lipinski definition) is 4. The Morgan fingerprint density at radius 2 is 2.21 bits per heavy atom. The molecule has 1 rings (SSSR count). The fraction of sp³-hybridized carbons (Fsp3) is 0.833. The number of nitrogens with zero attached hydrogens (tertiary/aromatic N) is 1. The summed E-state index contributed by atoms with van der Waals surface area (Å²) in [4.78, 5) is 24.6. The largest absolute Gasteiger partial charge is 0.480 e. The van der Waals surface area contributed by atoms with Gasteiger partial charge in [0.25, 0.3) is 0 Å². The van der Waals surface area contributed by atoms with Gasteiger partial charge in [-0.2, -0.15) is 0 Å². The molecule has 2 amide bonds. The Morgan fingerprint density at radius 1 is 1.47 bits per heavy atom. The van der Waals surface area contributed by atoms with Gasteiger partial charge in [-0.1, -0.05) is 0 Å². The first-order valence-corrected chi connectivity index (χ1v) is 6.59. The summed E-state index contributed by atoms with van der Waals surface area (Å²) in [6.45, 7) is 2.30. The molecule has 0 aliphatic carbocycles. The Kier molecular flexibility index (Phi) is 6.58. The van der Waals surface area contributed by atoms with Crippen molar-refractivity contribution >= 4 is 12.0 Å². The van der Waals surface area contributed by atoms with Gasteiger partial charge in [-0.05, 0) is 32.4 Å². The molecule has 0 saturated carbocycles. The average molecular weight is 273 g/mol. The van der Waals surface area contributed by atoms with Crippen LogP contribution in [0.3, 0.4) is 0 Å². The second kappa shape index (κ2) is 7.96. The van der Waals surface area contributed by atoms with Crippen LogP contribution in [-0.2, 0) is 4.79 Å². The number of aliphatic carboxylic acids is 1. The predicted molar refractivity (Wildman–Crippen MR) is 69.9 cm³/mol. The van der Waals surface area contributed by atoms with E-state index < -0.39 is 18.0 Å². The fourth-order valence-corrected chi connectivity index (χ4v) is 2.27. The van der Waals surface area contributed by atoms with Gasteiger partial charge in [0.05, 0.1) is 0 Å². The smallest absolute Gasteiger partial charge is 0.326 e. The molecule has 1 aliphatic rings. The zero-order valence-corrected chi connectivity index (χ0v) is 11.3. The summed E-state index contributed by atoms with van der Waals surface area (Å²) in [7, 11) is 2.05. The Hall–Kier alpha value is -1.34. The van der Waals surface area contributed by atoms with Crippen LogP contribution in [0.15, 0.2) is 0 Å². The van der Waals surface area contributed by atoms with Crippen molar-refractivity contribution in [1.82, 2.24) is 15.5 Å². The number of hydrogen-bond donors (Lipinski definition) is 4. The van der Waals surface area contributed by atoms with Crippen LogP contribution in [0.25, 0.3) is 0 Å². The van der Waals surface area contributed by atoms with E-state index in [0.29, 0.717) is 12.5 Å². The third-order valence-electron chi connectivity index (χ3n) is 3.29. The van der Waals surface area contributed by atoms with Gasteiger partial charge in [0.2, 0.25) is 0 Å². The van der Waals surface area contributed by atoms with E-state index in [-0.39, 0.29) is 13.0 Å². The lowest BCUT2D eigenvalue weighted by atomic mass is 9.99. The van der Waals surface area contributed by atoms with Crippen LogP contribution in [-0.4, -0.2) is 66.4 Å². The van der Waals surface area contributed by atoms with E-state index in [1.165, 1.54) is 0 Å². The molecule has 1 heterocycles. The second-order valence-corrected chi connectivity index (χ2v) is 5.03. The van der Waals surface area contributed by atoms with Crippen LogP contribution in [0, 0.1) is 5.92 Å². The van der Waals surface area contributed by atoms with Crippen molar-refractivity contribution < 1.29 is 19.8 Å². The minimum atomic E-state index is -1.14.